The van der Waals surface area contributed by atoms with Crippen molar-refractivity contribution in [3.05, 3.63) is 0 Å². The highest BCUT2D eigenvalue weighted by atomic mass is 16.2. The van der Waals surface area contributed by atoms with Crippen molar-refractivity contribution in [2.45, 2.75) is 51.0 Å². The molecular formula is C11H20N2O. The lowest BCUT2D eigenvalue weighted by Crippen LogP contribution is -2.47. The Hall–Kier alpha value is -0.570. The first-order chi connectivity index (χ1) is 6.79. The number of carbonyl (C=O) groups excluding carboxylic acids is 1. The first kappa shape index (κ1) is 9.97. The fourth-order valence-electron chi connectivity index (χ4n) is 2.62. The number of carbonyl (C=O) groups is 1. The van der Waals surface area contributed by atoms with Crippen molar-refractivity contribution in [2.75, 3.05) is 13.6 Å². The first-order valence-corrected chi connectivity index (χ1v) is 5.82. The smallest absolute Gasteiger partial charge is 0.236 e. The van der Waals surface area contributed by atoms with Gasteiger partial charge >= 0.3 is 0 Å². The van der Waals surface area contributed by atoms with Crippen LogP contribution in [0.4, 0.5) is 0 Å². The van der Waals surface area contributed by atoms with Crippen LogP contribution in [0.1, 0.15) is 44.9 Å². The lowest BCUT2D eigenvalue weighted by molar-refractivity contribution is -0.145. The molecule has 1 aliphatic heterocycles. The van der Waals surface area contributed by atoms with Crippen molar-refractivity contribution < 1.29 is 4.79 Å². The summed E-state index contributed by atoms with van der Waals surface area (Å²) in [5.74, 6) is 0.318. The molecule has 1 saturated carbocycles. The summed E-state index contributed by atoms with van der Waals surface area (Å²) < 4.78 is 0. The largest absolute Gasteiger partial charge is 0.275 e. The zero-order valence-corrected chi connectivity index (χ0v) is 9.04. The molecule has 0 N–H and O–H groups in total. The molecule has 1 amide bonds. The molecule has 3 heteroatoms. The van der Waals surface area contributed by atoms with Crippen molar-refractivity contribution in [2.24, 2.45) is 0 Å². The Bertz CT molecular complexity index is 211. The zero-order valence-electron chi connectivity index (χ0n) is 9.04. The van der Waals surface area contributed by atoms with Crippen LogP contribution in [0.5, 0.6) is 0 Å². The van der Waals surface area contributed by atoms with E-state index < -0.39 is 0 Å². The molecule has 2 fully saturated rings. The van der Waals surface area contributed by atoms with E-state index in [0.29, 0.717) is 11.9 Å². The third-order valence-electron chi connectivity index (χ3n) is 3.53. The van der Waals surface area contributed by atoms with Crippen LogP contribution in [0, 0.1) is 0 Å². The van der Waals surface area contributed by atoms with Gasteiger partial charge in [0.15, 0.2) is 0 Å². The van der Waals surface area contributed by atoms with Crippen LogP contribution in [0.15, 0.2) is 0 Å². The fraction of sp³-hybridized carbons (Fsp3) is 0.909. The maximum absolute atomic E-state index is 11.5. The molecule has 2 aliphatic rings. The lowest BCUT2D eigenvalue weighted by Gasteiger charge is -2.37. The van der Waals surface area contributed by atoms with E-state index in [1.54, 1.807) is 0 Å². The van der Waals surface area contributed by atoms with Gasteiger partial charge in [0.1, 0.15) is 0 Å². The summed E-state index contributed by atoms with van der Waals surface area (Å²) in [5, 5.41) is 4.16. The maximum Gasteiger partial charge on any atom is 0.236 e. The maximum atomic E-state index is 11.5. The average molecular weight is 196 g/mol. The van der Waals surface area contributed by atoms with E-state index in [1.165, 1.54) is 32.1 Å². The summed E-state index contributed by atoms with van der Waals surface area (Å²) in [4.78, 5) is 11.5. The molecule has 2 rings (SSSR count). The van der Waals surface area contributed by atoms with Crippen molar-refractivity contribution in [3.8, 4) is 0 Å². The van der Waals surface area contributed by atoms with Gasteiger partial charge in [-0.25, -0.2) is 5.01 Å². The van der Waals surface area contributed by atoms with Gasteiger partial charge in [0.2, 0.25) is 5.91 Å². The number of nitrogens with zero attached hydrogens (tertiary/aromatic N) is 2. The first-order valence-electron chi connectivity index (χ1n) is 5.82. The minimum atomic E-state index is 0.318. The average Bonchev–Trinajstić information content (AvgIpc) is 2.65. The molecule has 0 aromatic carbocycles. The lowest BCUT2D eigenvalue weighted by atomic mass is 9.95. The molecule has 1 heterocycles. The molecule has 0 spiro atoms. The van der Waals surface area contributed by atoms with Gasteiger partial charge in [-0.05, 0) is 19.3 Å². The standard InChI is InChI=1S/C11H20N2O/c1-12(10-6-3-2-4-7-10)13-9-5-8-11(13)14/h10H,2-9H2,1H3. The molecule has 14 heavy (non-hydrogen) atoms. The van der Waals surface area contributed by atoms with Crippen molar-refractivity contribution in [1.82, 2.24) is 10.0 Å². The van der Waals surface area contributed by atoms with Crippen LogP contribution < -0.4 is 0 Å². The number of hydrogen-bond donors (Lipinski definition) is 0. The van der Waals surface area contributed by atoms with Crippen LogP contribution in [0.2, 0.25) is 0 Å². The van der Waals surface area contributed by atoms with Gasteiger partial charge in [0.25, 0.3) is 0 Å². The summed E-state index contributed by atoms with van der Waals surface area (Å²) in [6, 6.07) is 0.616. The van der Waals surface area contributed by atoms with E-state index in [9.17, 15) is 4.79 Å². The van der Waals surface area contributed by atoms with Crippen LogP contribution in [0.3, 0.4) is 0 Å². The van der Waals surface area contributed by atoms with Gasteiger partial charge in [-0.15, -0.1) is 0 Å². The minimum absolute atomic E-state index is 0.318. The second-order valence-electron chi connectivity index (χ2n) is 4.49. The summed E-state index contributed by atoms with van der Waals surface area (Å²) in [6.07, 6.45) is 8.35. The summed E-state index contributed by atoms with van der Waals surface area (Å²) in [6.45, 7) is 0.936. The van der Waals surface area contributed by atoms with Gasteiger partial charge in [0, 0.05) is 26.1 Å². The number of hydrogen-bond acceptors (Lipinski definition) is 2. The Morgan fingerprint density at radius 2 is 1.93 bits per heavy atom. The van der Waals surface area contributed by atoms with Crippen molar-refractivity contribution in [1.29, 1.82) is 0 Å². The Kier molecular flexibility index (Phi) is 3.06. The molecule has 0 aromatic heterocycles. The summed E-state index contributed by atoms with van der Waals surface area (Å²) >= 11 is 0. The molecule has 0 unspecified atom stereocenters. The number of hydrazine groups is 1. The van der Waals surface area contributed by atoms with Gasteiger partial charge in [-0.2, -0.15) is 0 Å². The molecule has 0 atom stereocenters. The van der Waals surface area contributed by atoms with Crippen LogP contribution in [-0.2, 0) is 4.79 Å². The monoisotopic (exact) mass is 196 g/mol. The van der Waals surface area contributed by atoms with Gasteiger partial charge < -0.3 is 0 Å². The van der Waals surface area contributed by atoms with Crippen molar-refractivity contribution in [3.63, 3.8) is 0 Å². The van der Waals surface area contributed by atoms with E-state index in [1.807, 2.05) is 5.01 Å². The van der Waals surface area contributed by atoms with E-state index in [-0.39, 0.29) is 0 Å². The van der Waals surface area contributed by atoms with E-state index in [4.69, 9.17) is 0 Å². The molecule has 0 bridgehead atoms. The van der Waals surface area contributed by atoms with Gasteiger partial charge in [-0.1, -0.05) is 19.3 Å². The molecule has 0 aromatic rings. The SMILES string of the molecule is CN(C1CCCCC1)N1CCCC1=O. The zero-order chi connectivity index (χ0) is 9.97. The Labute approximate surface area is 86.0 Å². The minimum Gasteiger partial charge on any atom is -0.275 e. The molecule has 1 saturated heterocycles. The second-order valence-corrected chi connectivity index (χ2v) is 4.49. The molecule has 80 valence electrons. The summed E-state index contributed by atoms with van der Waals surface area (Å²) in [5.41, 5.74) is 0. The quantitative estimate of drug-likeness (QED) is 0.672. The van der Waals surface area contributed by atoms with E-state index in [0.717, 1.165) is 19.4 Å². The van der Waals surface area contributed by atoms with Gasteiger partial charge in [0.05, 0.1) is 0 Å². The molecule has 0 radical (unpaired) electrons. The Morgan fingerprint density at radius 1 is 1.21 bits per heavy atom. The molecule has 1 aliphatic carbocycles. The normalized spacial score (nSPS) is 25.0. The number of amides is 1. The van der Waals surface area contributed by atoms with Gasteiger partial charge in [-0.3, -0.25) is 9.80 Å². The van der Waals surface area contributed by atoms with E-state index in [2.05, 4.69) is 12.1 Å². The number of rotatable bonds is 2. The predicted octanol–water partition coefficient (Wildman–Crippen LogP) is 1.79. The Balaban J connectivity index is 1.92. The third-order valence-corrected chi connectivity index (χ3v) is 3.53. The molecular weight excluding hydrogens is 176 g/mol. The van der Waals surface area contributed by atoms with Crippen LogP contribution in [0.25, 0.3) is 0 Å². The highest BCUT2D eigenvalue weighted by Gasteiger charge is 2.29. The summed E-state index contributed by atoms with van der Waals surface area (Å²) in [7, 11) is 2.08. The van der Waals surface area contributed by atoms with E-state index >= 15 is 0 Å². The van der Waals surface area contributed by atoms with Crippen LogP contribution in [-0.4, -0.2) is 35.6 Å². The second kappa shape index (κ2) is 4.30. The third kappa shape index (κ3) is 1.92. The Morgan fingerprint density at radius 3 is 2.50 bits per heavy atom. The highest BCUT2D eigenvalue weighted by molar-refractivity contribution is 5.77. The predicted molar refractivity (Wildman–Crippen MR) is 55.6 cm³/mol. The fourth-order valence-corrected chi connectivity index (χ4v) is 2.62. The highest BCUT2D eigenvalue weighted by Crippen LogP contribution is 2.24. The van der Waals surface area contributed by atoms with Crippen LogP contribution >= 0.6 is 0 Å². The molecule has 3 nitrogen and oxygen atoms in total. The topological polar surface area (TPSA) is 23.6 Å². The van der Waals surface area contributed by atoms with Crippen molar-refractivity contribution >= 4 is 5.91 Å².